The van der Waals surface area contributed by atoms with Crippen molar-refractivity contribution in [1.82, 2.24) is 25.2 Å². The fourth-order valence-corrected chi connectivity index (χ4v) is 3.50. The van der Waals surface area contributed by atoms with Gasteiger partial charge in [0.05, 0.1) is 17.6 Å². The van der Waals surface area contributed by atoms with Crippen LogP contribution in [0.5, 0.6) is 0 Å². The molecule has 0 radical (unpaired) electrons. The number of anilines is 3. The number of urea groups is 1. The number of imidazole rings is 1. The number of halogens is 1. The maximum absolute atomic E-state index is 12.1. The van der Waals surface area contributed by atoms with Gasteiger partial charge in [-0.1, -0.05) is 17.7 Å². The Kier molecular flexibility index (Phi) is 4.32. The van der Waals surface area contributed by atoms with Crippen molar-refractivity contribution >= 4 is 52.0 Å². The number of carbonyl (C=O) groups is 2. The highest BCUT2D eigenvalue weighted by Gasteiger charge is 2.28. The highest BCUT2D eigenvalue weighted by atomic mass is 35.5. The second-order valence-corrected chi connectivity index (χ2v) is 7.72. The number of benzene rings is 1. The summed E-state index contributed by atoms with van der Waals surface area (Å²) >= 11 is 6.10. The number of aromatic nitrogens is 3. The van der Waals surface area contributed by atoms with Gasteiger partial charge in [0, 0.05) is 28.4 Å². The molecule has 30 heavy (non-hydrogen) atoms. The van der Waals surface area contributed by atoms with Crippen LogP contribution in [0, 0.1) is 0 Å². The first-order chi connectivity index (χ1) is 14.5. The second-order valence-electron chi connectivity index (χ2n) is 7.28. The molecular formula is C20H18ClN7O2. The van der Waals surface area contributed by atoms with Crippen LogP contribution < -0.4 is 21.3 Å². The number of fused-ring (bicyclic) bond motifs is 1. The number of nitrogens with zero attached hydrogens (tertiary/aromatic N) is 3. The van der Waals surface area contributed by atoms with E-state index >= 15 is 0 Å². The van der Waals surface area contributed by atoms with Crippen molar-refractivity contribution in [1.29, 1.82) is 0 Å². The van der Waals surface area contributed by atoms with Gasteiger partial charge in [0.2, 0.25) is 0 Å². The standard InChI is InChI=1S/C20H18ClN7O2/c1-10(17-19(29)26-20(30)25-17)15-9-22-18-14(23-12-5-6-12)8-16(27-28(15)18)24-13-4-2-3-11(21)7-13/h2-4,7-9,12,23H,5-6H2,1H3,(H,24,27)(H2,25,26,29,30)/b17-10-. The monoisotopic (exact) mass is 423 g/mol. The van der Waals surface area contributed by atoms with Gasteiger partial charge in [-0.05, 0) is 38.0 Å². The number of hydrogen-bond acceptors (Lipinski definition) is 6. The molecule has 1 aliphatic heterocycles. The van der Waals surface area contributed by atoms with Crippen molar-refractivity contribution in [3.8, 4) is 0 Å². The van der Waals surface area contributed by atoms with E-state index in [0.717, 1.165) is 24.2 Å². The van der Waals surface area contributed by atoms with E-state index in [9.17, 15) is 9.59 Å². The number of imide groups is 1. The summed E-state index contributed by atoms with van der Waals surface area (Å²) in [6.07, 6.45) is 3.85. The summed E-state index contributed by atoms with van der Waals surface area (Å²) in [7, 11) is 0. The van der Waals surface area contributed by atoms with Crippen LogP contribution in [0.2, 0.25) is 5.02 Å². The van der Waals surface area contributed by atoms with Gasteiger partial charge in [-0.3, -0.25) is 10.1 Å². The summed E-state index contributed by atoms with van der Waals surface area (Å²) in [5.74, 6) is 0.113. The predicted octanol–water partition coefficient (Wildman–Crippen LogP) is 3.27. The Hall–Kier alpha value is -3.59. The maximum Gasteiger partial charge on any atom is 0.326 e. The topological polar surface area (TPSA) is 112 Å². The molecular weight excluding hydrogens is 406 g/mol. The van der Waals surface area contributed by atoms with Crippen molar-refractivity contribution < 1.29 is 9.59 Å². The summed E-state index contributed by atoms with van der Waals surface area (Å²) in [6.45, 7) is 1.75. The van der Waals surface area contributed by atoms with Gasteiger partial charge < -0.3 is 16.0 Å². The molecule has 2 aromatic heterocycles. The number of carbonyl (C=O) groups excluding carboxylic acids is 2. The fraction of sp³-hybridized carbons (Fsp3) is 0.200. The van der Waals surface area contributed by atoms with Crippen molar-refractivity contribution in [3.05, 3.63) is 52.9 Å². The first-order valence-corrected chi connectivity index (χ1v) is 9.87. The molecule has 1 saturated carbocycles. The Morgan fingerprint density at radius 1 is 1.23 bits per heavy atom. The number of hydrogen-bond donors (Lipinski definition) is 4. The predicted molar refractivity (Wildman–Crippen MR) is 114 cm³/mol. The van der Waals surface area contributed by atoms with Crippen molar-refractivity contribution in [2.45, 2.75) is 25.8 Å². The zero-order valence-electron chi connectivity index (χ0n) is 16.0. The van der Waals surface area contributed by atoms with Gasteiger partial charge in [-0.15, -0.1) is 5.10 Å². The molecule has 3 aromatic rings. The molecule has 1 aromatic carbocycles. The number of allylic oxidation sites excluding steroid dienone is 1. The third-order valence-electron chi connectivity index (χ3n) is 4.95. The van der Waals surface area contributed by atoms with E-state index in [1.54, 1.807) is 23.7 Å². The molecule has 152 valence electrons. The van der Waals surface area contributed by atoms with Gasteiger partial charge in [0.1, 0.15) is 5.70 Å². The average Bonchev–Trinajstić information content (AvgIpc) is 3.30. The minimum absolute atomic E-state index is 0.188. The zero-order valence-corrected chi connectivity index (χ0v) is 16.7. The molecule has 2 aliphatic rings. The lowest BCUT2D eigenvalue weighted by Gasteiger charge is -2.12. The summed E-state index contributed by atoms with van der Waals surface area (Å²) in [4.78, 5) is 28.1. The first-order valence-electron chi connectivity index (χ1n) is 9.49. The van der Waals surface area contributed by atoms with E-state index < -0.39 is 11.9 Å². The summed E-state index contributed by atoms with van der Waals surface area (Å²) in [5, 5.41) is 16.8. The molecule has 1 saturated heterocycles. The SMILES string of the molecule is C/C(=C1/NC(=O)NC1=O)c1cnc2c(NC3CC3)cc(Nc3cccc(Cl)c3)nn12. The Labute approximate surface area is 176 Å². The Morgan fingerprint density at radius 2 is 2.07 bits per heavy atom. The van der Waals surface area contributed by atoms with Crippen LogP contribution >= 0.6 is 11.6 Å². The summed E-state index contributed by atoms with van der Waals surface area (Å²) in [5.41, 5.74) is 3.63. The van der Waals surface area contributed by atoms with Gasteiger partial charge in [-0.2, -0.15) is 0 Å². The van der Waals surface area contributed by atoms with Crippen LogP contribution in [0.3, 0.4) is 0 Å². The van der Waals surface area contributed by atoms with Crippen molar-refractivity contribution in [3.63, 3.8) is 0 Å². The second kappa shape index (κ2) is 7.03. The van der Waals surface area contributed by atoms with E-state index in [-0.39, 0.29) is 5.70 Å². The third-order valence-corrected chi connectivity index (χ3v) is 5.19. The Bertz CT molecular complexity index is 1230. The molecule has 0 unspecified atom stereocenters. The van der Waals surface area contributed by atoms with Crippen LogP contribution in [0.1, 0.15) is 25.5 Å². The van der Waals surface area contributed by atoms with E-state index in [1.807, 2.05) is 24.3 Å². The van der Waals surface area contributed by atoms with Crippen LogP contribution in [0.4, 0.5) is 22.0 Å². The van der Waals surface area contributed by atoms with Gasteiger partial charge in [0.25, 0.3) is 5.91 Å². The molecule has 3 amide bonds. The number of rotatable bonds is 5. The molecule has 3 heterocycles. The molecule has 4 N–H and O–H groups in total. The smallest absolute Gasteiger partial charge is 0.326 e. The molecule has 0 bridgehead atoms. The van der Waals surface area contributed by atoms with Crippen LogP contribution in [0.15, 0.2) is 42.2 Å². The fourth-order valence-electron chi connectivity index (χ4n) is 3.31. The van der Waals surface area contributed by atoms with Gasteiger partial charge >= 0.3 is 6.03 Å². The Balaban J connectivity index is 1.61. The lowest BCUT2D eigenvalue weighted by Crippen LogP contribution is -2.22. The van der Waals surface area contributed by atoms with Crippen LogP contribution in [0.25, 0.3) is 11.2 Å². The largest absolute Gasteiger partial charge is 0.379 e. The highest BCUT2D eigenvalue weighted by molar-refractivity contribution is 6.30. The summed E-state index contributed by atoms with van der Waals surface area (Å²) < 4.78 is 1.66. The van der Waals surface area contributed by atoms with E-state index in [2.05, 4.69) is 31.3 Å². The molecule has 1 aliphatic carbocycles. The quantitative estimate of drug-likeness (QED) is 0.370. The number of amides is 3. The van der Waals surface area contributed by atoms with Gasteiger partial charge in [0.15, 0.2) is 11.5 Å². The van der Waals surface area contributed by atoms with Crippen LogP contribution in [-0.4, -0.2) is 32.6 Å². The molecule has 10 heteroatoms. The molecule has 9 nitrogen and oxygen atoms in total. The molecule has 0 atom stereocenters. The molecule has 5 rings (SSSR count). The van der Waals surface area contributed by atoms with Crippen LogP contribution in [-0.2, 0) is 4.79 Å². The minimum Gasteiger partial charge on any atom is -0.379 e. The van der Waals surface area contributed by atoms with E-state index in [1.165, 1.54) is 0 Å². The Morgan fingerprint density at radius 3 is 2.77 bits per heavy atom. The average molecular weight is 424 g/mol. The summed E-state index contributed by atoms with van der Waals surface area (Å²) in [6, 6.07) is 9.12. The first kappa shape index (κ1) is 18.4. The van der Waals surface area contributed by atoms with E-state index in [4.69, 9.17) is 11.6 Å². The van der Waals surface area contributed by atoms with Gasteiger partial charge in [-0.25, -0.2) is 14.3 Å². The van der Waals surface area contributed by atoms with Crippen molar-refractivity contribution in [2.24, 2.45) is 0 Å². The highest BCUT2D eigenvalue weighted by Crippen LogP contribution is 2.31. The van der Waals surface area contributed by atoms with E-state index in [0.29, 0.717) is 33.8 Å². The lowest BCUT2D eigenvalue weighted by atomic mass is 10.2. The normalized spacial score (nSPS) is 17.7. The number of nitrogens with one attached hydrogen (secondary N) is 4. The molecule has 2 fully saturated rings. The van der Waals surface area contributed by atoms with Crippen molar-refractivity contribution in [2.75, 3.05) is 10.6 Å². The minimum atomic E-state index is -0.546. The lowest BCUT2D eigenvalue weighted by molar-refractivity contribution is -0.115. The third kappa shape index (κ3) is 3.43. The molecule has 0 spiro atoms. The maximum atomic E-state index is 12.1. The zero-order chi connectivity index (χ0) is 20.8.